The fraction of sp³-hybridized carbons (Fsp3) is 0.0370. The first kappa shape index (κ1) is 34.6. The summed E-state index contributed by atoms with van der Waals surface area (Å²) in [6.45, 7) is 0. The van der Waals surface area contributed by atoms with Crippen molar-refractivity contribution in [3.05, 3.63) is 236 Å². The van der Waals surface area contributed by atoms with Crippen LogP contribution in [0.2, 0.25) is 0 Å². The van der Waals surface area contributed by atoms with Crippen molar-refractivity contribution < 1.29 is 0 Å². The van der Waals surface area contributed by atoms with Crippen LogP contribution in [-0.4, -0.2) is 0 Å². The van der Waals surface area contributed by atoms with Crippen molar-refractivity contribution in [2.45, 2.75) is 12.8 Å². The van der Waals surface area contributed by atoms with Crippen molar-refractivity contribution in [3.8, 4) is 33.4 Å². The standard InChI is InChI=1S/C54H42N2/c1-5-15-41(16-6-1)43-27-33-51(34-28-43)55(49-22-9-3-10-23-49)52-37-31-45(32-38-52)46-19-13-20-47(39-46)48-21-14-26-54(40-48)56(50-24-11-4-12-25-50)53-35-29-44(30-36-53)42-17-7-2-8-18-42/h1,3-7,9-40H,2,8H2. The summed E-state index contributed by atoms with van der Waals surface area (Å²) in [6, 6.07) is 76.2. The average Bonchev–Trinajstić information content (AvgIpc) is 3.29. The monoisotopic (exact) mass is 718 g/mol. The SMILES string of the molecule is C1=CC(c2ccc(N(c3ccccc3)c3cccc(-c4cccc(-c5ccc(N(c6ccccc6)c6ccc(-c7ccccc7)cc6)cc5)c4)c3)cc2)=CCC1. The predicted molar refractivity (Wildman–Crippen MR) is 238 cm³/mol. The number of benzene rings is 8. The summed E-state index contributed by atoms with van der Waals surface area (Å²) in [5.41, 5.74) is 16.4. The van der Waals surface area contributed by atoms with Gasteiger partial charge in [-0.05, 0) is 136 Å². The second-order valence-corrected chi connectivity index (χ2v) is 14.1. The molecular weight excluding hydrogens is 677 g/mol. The maximum Gasteiger partial charge on any atom is 0.0467 e. The number of rotatable bonds is 10. The van der Waals surface area contributed by atoms with Gasteiger partial charge in [0.05, 0.1) is 0 Å². The van der Waals surface area contributed by atoms with Gasteiger partial charge in [-0.2, -0.15) is 0 Å². The van der Waals surface area contributed by atoms with E-state index in [2.05, 4.69) is 240 Å². The predicted octanol–water partition coefficient (Wildman–Crippen LogP) is 15.4. The third kappa shape index (κ3) is 7.46. The van der Waals surface area contributed by atoms with Gasteiger partial charge in [-0.1, -0.05) is 152 Å². The third-order valence-corrected chi connectivity index (χ3v) is 10.5. The van der Waals surface area contributed by atoms with Gasteiger partial charge < -0.3 is 9.80 Å². The van der Waals surface area contributed by atoms with Crippen LogP contribution in [0.1, 0.15) is 18.4 Å². The molecule has 0 N–H and O–H groups in total. The number of nitrogens with zero attached hydrogens (tertiary/aromatic N) is 2. The minimum absolute atomic E-state index is 1.10. The van der Waals surface area contributed by atoms with E-state index in [4.69, 9.17) is 0 Å². The van der Waals surface area contributed by atoms with Crippen molar-refractivity contribution >= 4 is 39.7 Å². The summed E-state index contributed by atoms with van der Waals surface area (Å²) in [6.07, 6.45) is 9.06. The van der Waals surface area contributed by atoms with Crippen LogP contribution in [0.25, 0.3) is 39.0 Å². The van der Waals surface area contributed by atoms with Gasteiger partial charge in [0.1, 0.15) is 0 Å². The summed E-state index contributed by atoms with van der Waals surface area (Å²) < 4.78 is 0. The molecule has 0 amide bonds. The molecule has 0 aliphatic heterocycles. The normalized spacial score (nSPS) is 12.2. The molecule has 2 nitrogen and oxygen atoms in total. The second kappa shape index (κ2) is 16.1. The fourth-order valence-electron chi connectivity index (χ4n) is 7.62. The van der Waals surface area contributed by atoms with Crippen LogP contribution in [0.5, 0.6) is 0 Å². The molecule has 268 valence electrons. The Labute approximate surface area is 330 Å². The quantitative estimate of drug-likeness (QED) is 0.139. The molecule has 0 unspecified atom stereocenters. The number of para-hydroxylation sites is 2. The average molecular weight is 719 g/mol. The fourth-order valence-corrected chi connectivity index (χ4v) is 7.62. The van der Waals surface area contributed by atoms with E-state index in [1.165, 1.54) is 44.5 Å². The zero-order valence-corrected chi connectivity index (χ0v) is 31.2. The molecule has 0 fully saturated rings. The van der Waals surface area contributed by atoms with Gasteiger partial charge in [-0.15, -0.1) is 0 Å². The summed E-state index contributed by atoms with van der Waals surface area (Å²) in [7, 11) is 0. The highest BCUT2D eigenvalue weighted by Crippen LogP contribution is 2.39. The molecule has 1 aliphatic carbocycles. The zero-order chi connectivity index (χ0) is 37.5. The Morgan fingerprint density at radius 3 is 1.18 bits per heavy atom. The van der Waals surface area contributed by atoms with E-state index >= 15 is 0 Å². The molecule has 1 aliphatic rings. The lowest BCUT2D eigenvalue weighted by molar-refractivity contribution is 1.04. The first-order chi connectivity index (χ1) is 27.8. The van der Waals surface area contributed by atoms with Crippen LogP contribution in [0, 0.1) is 0 Å². The Morgan fingerprint density at radius 1 is 0.268 bits per heavy atom. The highest BCUT2D eigenvalue weighted by atomic mass is 15.1. The van der Waals surface area contributed by atoms with E-state index in [0.29, 0.717) is 0 Å². The Kier molecular flexibility index (Phi) is 9.92. The Balaban J connectivity index is 1.01. The maximum atomic E-state index is 2.34. The molecule has 2 heteroatoms. The summed E-state index contributed by atoms with van der Waals surface area (Å²) in [4.78, 5) is 4.66. The smallest absolute Gasteiger partial charge is 0.0467 e. The third-order valence-electron chi connectivity index (χ3n) is 10.5. The molecule has 8 aromatic rings. The number of hydrogen-bond acceptors (Lipinski definition) is 2. The van der Waals surface area contributed by atoms with E-state index in [0.717, 1.165) is 47.0 Å². The van der Waals surface area contributed by atoms with E-state index < -0.39 is 0 Å². The van der Waals surface area contributed by atoms with Crippen molar-refractivity contribution in [3.63, 3.8) is 0 Å². The molecule has 0 saturated carbocycles. The lowest BCUT2D eigenvalue weighted by Crippen LogP contribution is -2.10. The summed E-state index contributed by atoms with van der Waals surface area (Å²) >= 11 is 0. The van der Waals surface area contributed by atoms with Crippen LogP contribution < -0.4 is 9.80 Å². The van der Waals surface area contributed by atoms with Crippen molar-refractivity contribution in [1.29, 1.82) is 0 Å². The van der Waals surface area contributed by atoms with Gasteiger partial charge in [-0.3, -0.25) is 0 Å². The van der Waals surface area contributed by atoms with Crippen LogP contribution in [-0.2, 0) is 0 Å². The van der Waals surface area contributed by atoms with Gasteiger partial charge in [0, 0.05) is 34.1 Å². The lowest BCUT2D eigenvalue weighted by Gasteiger charge is -2.26. The Morgan fingerprint density at radius 2 is 0.643 bits per heavy atom. The van der Waals surface area contributed by atoms with E-state index in [-0.39, 0.29) is 0 Å². The Hall–Kier alpha value is -7.16. The Bertz CT molecular complexity index is 2590. The van der Waals surface area contributed by atoms with Crippen LogP contribution in [0.3, 0.4) is 0 Å². The molecule has 0 atom stereocenters. The molecule has 8 aromatic carbocycles. The number of allylic oxidation sites excluding steroid dienone is 4. The molecule has 56 heavy (non-hydrogen) atoms. The summed E-state index contributed by atoms with van der Waals surface area (Å²) in [5.74, 6) is 0. The summed E-state index contributed by atoms with van der Waals surface area (Å²) in [5, 5.41) is 0. The van der Waals surface area contributed by atoms with Gasteiger partial charge in [0.15, 0.2) is 0 Å². The largest absolute Gasteiger partial charge is 0.311 e. The first-order valence-electron chi connectivity index (χ1n) is 19.4. The molecule has 0 bridgehead atoms. The maximum absolute atomic E-state index is 2.34. The lowest BCUT2D eigenvalue weighted by atomic mass is 9.98. The molecule has 9 rings (SSSR count). The zero-order valence-electron chi connectivity index (χ0n) is 31.2. The second-order valence-electron chi connectivity index (χ2n) is 14.1. The highest BCUT2D eigenvalue weighted by molar-refractivity contribution is 5.84. The molecule has 0 heterocycles. The highest BCUT2D eigenvalue weighted by Gasteiger charge is 2.16. The number of anilines is 6. The molecule has 0 saturated heterocycles. The number of hydrogen-bond donors (Lipinski definition) is 0. The molecule has 0 spiro atoms. The van der Waals surface area contributed by atoms with Crippen LogP contribution >= 0.6 is 0 Å². The van der Waals surface area contributed by atoms with Crippen molar-refractivity contribution in [1.82, 2.24) is 0 Å². The minimum Gasteiger partial charge on any atom is -0.311 e. The van der Waals surface area contributed by atoms with E-state index in [1.54, 1.807) is 0 Å². The topological polar surface area (TPSA) is 6.48 Å². The van der Waals surface area contributed by atoms with Crippen LogP contribution in [0.4, 0.5) is 34.1 Å². The molecule has 0 aromatic heterocycles. The van der Waals surface area contributed by atoms with Crippen molar-refractivity contribution in [2.75, 3.05) is 9.80 Å². The van der Waals surface area contributed by atoms with Gasteiger partial charge in [-0.25, -0.2) is 0 Å². The van der Waals surface area contributed by atoms with E-state index in [1.807, 2.05) is 0 Å². The first-order valence-corrected chi connectivity index (χ1v) is 19.4. The van der Waals surface area contributed by atoms with Crippen molar-refractivity contribution in [2.24, 2.45) is 0 Å². The minimum atomic E-state index is 1.10. The molecular formula is C54H42N2. The molecule has 0 radical (unpaired) electrons. The van der Waals surface area contributed by atoms with Gasteiger partial charge in [0.2, 0.25) is 0 Å². The van der Waals surface area contributed by atoms with Gasteiger partial charge >= 0.3 is 0 Å². The van der Waals surface area contributed by atoms with Crippen LogP contribution in [0.15, 0.2) is 231 Å². The van der Waals surface area contributed by atoms with Gasteiger partial charge in [0.25, 0.3) is 0 Å². The van der Waals surface area contributed by atoms with E-state index in [9.17, 15) is 0 Å².